The highest BCUT2D eigenvalue weighted by atomic mass is 35.5. The molecule has 0 spiro atoms. The van der Waals surface area contributed by atoms with Crippen molar-refractivity contribution in [3.8, 4) is 40.8 Å². The summed E-state index contributed by atoms with van der Waals surface area (Å²) in [6.45, 7) is 4.29. The summed E-state index contributed by atoms with van der Waals surface area (Å²) in [4.78, 5) is 36.3. The van der Waals surface area contributed by atoms with Gasteiger partial charge in [-0.2, -0.15) is 10.5 Å². The van der Waals surface area contributed by atoms with Crippen LogP contribution in [0.5, 0.6) is 23.0 Å². The molecule has 3 aromatic carbocycles. The predicted octanol–water partition coefficient (Wildman–Crippen LogP) is 8.27. The van der Waals surface area contributed by atoms with Crippen molar-refractivity contribution >= 4 is 35.8 Å². The molecule has 3 aromatic heterocycles. The van der Waals surface area contributed by atoms with Crippen molar-refractivity contribution in [1.82, 2.24) is 19.5 Å². The Morgan fingerprint density at radius 1 is 0.691 bits per heavy atom. The number of aldehydes is 2. The number of nitriles is 2. The zero-order valence-corrected chi connectivity index (χ0v) is 31.0. The Kier molecular flexibility index (Phi) is 12.0. The molecule has 0 unspecified atom stereocenters. The van der Waals surface area contributed by atoms with Gasteiger partial charge in [-0.05, 0) is 55.3 Å². The fraction of sp³-hybridized carbons (Fsp3) is 0.146. The van der Waals surface area contributed by atoms with E-state index in [-0.39, 0.29) is 59.1 Å². The largest absolute Gasteiger partial charge is 0.488 e. The second-order valence-corrected chi connectivity index (χ2v) is 12.9. The van der Waals surface area contributed by atoms with Crippen LogP contribution >= 0.6 is 23.2 Å². The summed E-state index contributed by atoms with van der Waals surface area (Å²) in [6, 6.07) is 19.3. The molecule has 0 radical (unpaired) electrons. The minimum Gasteiger partial charge on any atom is -0.488 e. The van der Waals surface area contributed by atoms with Crippen molar-refractivity contribution < 1.29 is 28.5 Å². The number of hydrogen-bond donors (Lipinski definition) is 0. The Balaban J connectivity index is 1.14. The summed E-state index contributed by atoms with van der Waals surface area (Å²) in [5.74, 6) is 1.16. The maximum absolute atomic E-state index is 11.8. The van der Waals surface area contributed by atoms with Crippen molar-refractivity contribution in [2.75, 3.05) is 0 Å². The van der Waals surface area contributed by atoms with Gasteiger partial charge < -0.3 is 23.5 Å². The van der Waals surface area contributed by atoms with E-state index in [9.17, 15) is 9.59 Å². The number of rotatable bonds is 15. The van der Waals surface area contributed by atoms with Gasteiger partial charge in [0.2, 0.25) is 0 Å². The first kappa shape index (κ1) is 38.0. The first-order valence-corrected chi connectivity index (χ1v) is 17.3. The van der Waals surface area contributed by atoms with E-state index < -0.39 is 0 Å². The number of imidazole rings is 1. The van der Waals surface area contributed by atoms with Crippen LogP contribution in [0.25, 0.3) is 5.69 Å². The number of benzene rings is 3. The van der Waals surface area contributed by atoms with Crippen LogP contribution < -0.4 is 18.9 Å². The number of hydrogen-bond acceptors (Lipinski definition) is 11. The average molecular weight is 774 g/mol. The fourth-order valence-electron chi connectivity index (χ4n) is 5.55. The van der Waals surface area contributed by atoms with E-state index in [1.807, 2.05) is 48.8 Å². The van der Waals surface area contributed by atoms with E-state index in [0.29, 0.717) is 52.0 Å². The first-order chi connectivity index (χ1) is 26.7. The molecule has 0 aliphatic rings. The highest BCUT2D eigenvalue weighted by Crippen LogP contribution is 2.35. The van der Waals surface area contributed by atoms with Crippen molar-refractivity contribution in [2.45, 2.75) is 40.3 Å². The molecule has 3 heterocycles. The van der Waals surface area contributed by atoms with E-state index in [2.05, 4.69) is 15.0 Å². The number of carbonyl (C=O) groups excluding carboxylic acids is 2. The van der Waals surface area contributed by atoms with E-state index in [1.54, 1.807) is 43.0 Å². The van der Waals surface area contributed by atoms with Gasteiger partial charge in [0.1, 0.15) is 61.6 Å². The van der Waals surface area contributed by atoms with Gasteiger partial charge in [-0.1, -0.05) is 35.3 Å². The van der Waals surface area contributed by atoms with Crippen molar-refractivity contribution in [2.24, 2.45) is 0 Å². The number of nitrogens with zero attached hydrogens (tertiary/aromatic N) is 6. The third-order valence-electron chi connectivity index (χ3n) is 8.55. The number of pyridine rings is 2. The average Bonchev–Trinajstić information content (AvgIpc) is 3.58. The molecule has 12 nitrogen and oxygen atoms in total. The predicted molar refractivity (Wildman–Crippen MR) is 202 cm³/mol. The van der Waals surface area contributed by atoms with E-state index in [4.69, 9.17) is 52.7 Å². The lowest BCUT2D eigenvalue weighted by atomic mass is 10.1. The zero-order chi connectivity index (χ0) is 38.9. The van der Waals surface area contributed by atoms with Gasteiger partial charge in [0, 0.05) is 53.7 Å². The van der Waals surface area contributed by atoms with Crippen molar-refractivity contribution in [3.05, 3.63) is 152 Å². The van der Waals surface area contributed by atoms with E-state index in [0.717, 1.165) is 22.5 Å². The summed E-state index contributed by atoms with van der Waals surface area (Å²) in [5.41, 5.74) is 6.77. The topological polar surface area (TPSA) is 162 Å². The monoisotopic (exact) mass is 772 g/mol. The van der Waals surface area contributed by atoms with E-state index in [1.165, 1.54) is 24.5 Å². The number of carbonyl (C=O) groups is 2. The van der Waals surface area contributed by atoms with Gasteiger partial charge in [0.25, 0.3) is 0 Å². The minimum atomic E-state index is 0.0742. The van der Waals surface area contributed by atoms with Crippen molar-refractivity contribution in [1.29, 1.82) is 10.5 Å². The summed E-state index contributed by atoms with van der Waals surface area (Å²) in [6.07, 6.45) is 9.06. The molecule has 274 valence electrons. The Hall–Kier alpha value is -6.73. The van der Waals surface area contributed by atoms with Crippen LogP contribution in [0, 0.1) is 36.5 Å². The van der Waals surface area contributed by atoms with Crippen LogP contribution in [0.3, 0.4) is 0 Å². The van der Waals surface area contributed by atoms with Gasteiger partial charge in [0.05, 0.1) is 50.0 Å². The quantitative estimate of drug-likeness (QED) is 0.0924. The molecule has 0 saturated heterocycles. The Bertz CT molecular complexity index is 2490. The molecular formula is C41H30Cl2N6O6. The fourth-order valence-corrected chi connectivity index (χ4v) is 6.01. The SMILES string of the molecule is Cc1c(COc2cc(OCc3cncc(C#N)c3)c(C=O)cc2Cl)cccc1-n1cnc(COc2cc(OCc3cncc(C#N)c3)c(C=O)cc2Cl)c1C. The summed E-state index contributed by atoms with van der Waals surface area (Å²) < 4.78 is 26.0. The third-order valence-corrected chi connectivity index (χ3v) is 9.14. The Morgan fingerprint density at radius 2 is 1.22 bits per heavy atom. The first-order valence-electron chi connectivity index (χ1n) is 16.6. The molecule has 0 saturated carbocycles. The van der Waals surface area contributed by atoms with Gasteiger partial charge in [0.15, 0.2) is 12.6 Å². The molecule has 0 aliphatic heterocycles. The van der Waals surface area contributed by atoms with Crippen LogP contribution in [0.1, 0.15) is 65.5 Å². The van der Waals surface area contributed by atoms with Gasteiger partial charge >= 0.3 is 0 Å². The molecule has 0 atom stereocenters. The smallest absolute Gasteiger partial charge is 0.153 e. The van der Waals surface area contributed by atoms with Crippen LogP contribution in [0.4, 0.5) is 0 Å². The van der Waals surface area contributed by atoms with Crippen LogP contribution in [-0.4, -0.2) is 32.1 Å². The van der Waals surface area contributed by atoms with Gasteiger partial charge in [-0.25, -0.2) is 4.98 Å². The lowest BCUT2D eigenvalue weighted by molar-refractivity contribution is 0.111. The van der Waals surface area contributed by atoms with Crippen molar-refractivity contribution in [3.63, 3.8) is 0 Å². The lowest BCUT2D eigenvalue weighted by Gasteiger charge is -2.16. The normalized spacial score (nSPS) is 10.6. The standard InChI is InChI=1S/C41H30Cl2N6O6/c1-25-31(22-54-40-10-38(32(18-50)8-34(40)42)52-20-29-6-27(12-44)14-46-16-29)4-3-5-37(25)49-24-48-36(26(49)2)23-55-41-11-39(33(19-51)9-35(41)43)53-21-30-7-28(13-45)15-47-17-30/h3-11,14-19,24H,20-23H2,1-2H3. The van der Waals surface area contributed by atoms with E-state index >= 15 is 0 Å². The molecule has 0 aliphatic carbocycles. The molecule has 0 amide bonds. The maximum atomic E-state index is 11.8. The highest BCUT2D eigenvalue weighted by Gasteiger charge is 2.17. The number of halogens is 2. The van der Waals surface area contributed by atoms with Gasteiger partial charge in [-0.3, -0.25) is 19.6 Å². The Labute approximate surface area is 326 Å². The highest BCUT2D eigenvalue weighted by molar-refractivity contribution is 6.32. The summed E-state index contributed by atoms with van der Waals surface area (Å²) in [5, 5.41) is 18.8. The number of ether oxygens (including phenoxy) is 4. The zero-order valence-electron chi connectivity index (χ0n) is 29.5. The van der Waals surface area contributed by atoms with Gasteiger partial charge in [-0.15, -0.1) is 0 Å². The number of aromatic nitrogens is 4. The summed E-state index contributed by atoms with van der Waals surface area (Å²) in [7, 11) is 0. The molecule has 0 N–H and O–H groups in total. The molecule has 0 bridgehead atoms. The second kappa shape index (κ2) is 17.4. The molecule has 6 rings (SSSR count). The molecule has 6 aromatic rings. The minimum absolute atomic E-state index is 0.0742. The maximum Gasteiger partial charge on any atom is 0.153 e. The van der Waals surface area contributed by atoms with Crippen LogP contribution in [0.15, 0.2) is 85.7 Å². The molecule has 0 fully saturated rings. The van der Waals surface area contributed by atoms with Crippen LogP contribution in [-0.2, 0) is 26.4 Å². The Morgan fingerprint density at radius 3 is 1.75 bits per heavy atom. The molecule has 55 heavy (non-hydrogen) atoms. The second-order valence-electron chi connectivity index (χ2n) is 12.1. The summed E-state index contributed by atoms with van der Waals surface area (Å²) >= 11 is 13.0. The molecule has 14 heteroatoms. The third kappa shape index (κ3) is 8.91. The lowest BCUT2D eigenvalue weighted by Crippen LogP contribution is -2.06. The molecular weight excluding hydrogens is 743 g/mol. The van der Waals surface area contributed by atoms with Crippen LogP contribution in [0.2, 0.25) is 10.0 Å².